The number of nitrogens with zero attached hydrogens (tertiary/aromatic N) is 2. The third-order valence-electron chi connectivity index (χ3n) is 6.07. The van der Waals surface area contributed by atoms with Crippen LogP contribution >= 0.6 is 46.4 Å². The van der Waals surface area contributed by atoms with E-state index in [2.05, 4.69) is 5.32 Å². The molecule has 3 rings (SSSR count). The Kier molecular flexibility index (Phi) is 9.80. The summed E-state index contributed by atoms with van der Waals surface area (Å²) in [6.07, 6.45) is 4.82. The van der Waals surface area contributed by atoms with Gasteiger partial charge < -0.3 is 10.2 Å². The second kappa shape index (κ2) is 12.2. The first-order chi connectivity index (χ1) is 16.9. The average molecular weight is 595 g/mol. The minimum Gasteiger partial charge on any atom is -0.352 e. The van der Waals surface area contributed by atoms with E-state index >= 15 is 0 Å². The maximum Gasteiger partial charge on any atom is 0.244 e. The van der Waals surface area contributed by atoms with E-state index in [-0.39, 0.29) is 39.2 Å². The van der Waals surface area contributed by atoms with Crippen molar-refractivity contribution in [3.8, 4) is 0 Å². The van der Waals surface area contributed by atoms with Crippen molar-refractivity contribution in [3.63, 3.8) is 0 Å². The molecule has 1 N–H and O–H groups in total. The highest BCUT2D eigenvalue weighted by molar-refractivity contribution is 7.92. The Morgan fingerprint density at radius 1 is 1.00 bits per heavy atom. The van der Waals surface area contributed by atoms with Crippen LogP contribution in [0, 0.1) is 0 Å². The summed E-state index contributed by atoms with van der Waals surface area (Å²) in [5.41, 5.74) is 0.739. The minimum atomic E-state index is -3.96. The Labute approximate surface area is 231 Å². The van der Waals surface area contributed by atoms with Crippen LogP contribution in [0.1, 0.15) is 38.2 Å². The molecule has 0 bridgehead atoms. The van der Waals surface area contributed by atoms with Crippen molar-refractivity contribution in [1.29, 1.82) is 0 Å². The number of amides is 2. The first kappa shape index (κ1) is 28.9. The van der Waals surface area contributed by atoms with Gasteiger partial charge in [-0.1, -0.05) is 71.4 Å². The monoisotopic (exact) mass is 593 g/mol. The lowest BCUT2D eigenvalue weighted by Crippen LogP contribution is -2.52. The molecule has 0 aliphatic heterocycles. The zero-order valence-corrected chi connectivity index (χ0v) is 23.6. The number of halogens is 4. The number of benzene rings is 2. The summed E-state index contributed by atoms with van der Waals surface area (Å²) in [6.45, 7) is 1.10. The number of carbonyl (C=O) groups excluding carboxylic acids is 2. The van der Waals surface area contributed by atoms with Crippen LogP contribution < -0.4 is 9.62 Å². The van der Waals surface area contributed by atoms with Crippen molar-refractivity contribution in [2.45, 2.75) is 51.2 Å². The zero-order valence-electron chi connectivity index (χ0n) is 19.8. The summed E-state index contributed by atoms with van der Waals surface area (Å²) >= 11 is 24.4. The van der Waals surface area contributed by atoms with Crippen molar-refractivity contribution < 1.29 is 18.0 Å². The number of hydrogen-bond acceptors (Lipinski definition) is 4. The van der Waals surface area contributed by atoms with Crippen LogP contribution in [0.4, 0.5) is 5.69 Å². The highest BCUT2D eigenvalue weighted by Crippen LogP contribution is 2.35. The molecule has 0 spiro atoms. The average Bonchev–Trinajstić information content (AvgIpc) is 3.31. The van der Waals surface area contributed by atoms with E-state index in [1.807, 2.05) is 0 Å². The molecule has 0 heterocycles. The lowest BCUT2D eigenvalue weighted by Gasteiger charge is -2.32. The molecule has 1 atom stereocenters. The van der Waals surface area contributed by atoms with Crippen LogP contribution in [0.3, 0.4) is 0 Å². The Morgan fingerprint density at radius 2 is 1.58 bits per heavy atom. The topological polar surface area (TPSA) is 86.8 Å². The van der Waals surface area contributed by atoms with Gasteiger partial charge in [0.15, 0.2) is 0 Å². The van der Waals surface area contributed by atoms with Gasteiger partial charge in [0.2, 0.25) is 21.8 Å². The van der Waals surface area contributed by atoms with Gasteiger partial charge in [-0.05, 0) is 49.6 Å². The van der Waals surface area contributed by atoms with Crippen LogP contribution in [0.15, 0.2) is 36.4 Å². The number of anilines is 1. The summed E-state index contributed by atoms with van der Waals surface area (Å²) < 4.78 is 26.2. The Bertz CT molecular complexity index is 1220. The van der Waals surface area contributed by atoms with Gasteiger partial charge in [0.1, 0.15) is 12.6 Å². The van der Waals surface area contributed by atoms with Crippen LogP contribution in [-0.2, 0) is 26.2 Å². The van der Waals surface area contributed by atoms with Gasteiger partial charge in [-0.2, -0.15) is 0 Å². The summed E-state index contributed by atoms with van der Waals surface area (Å²) in [5.74, 6) is -0.894. The fourth-order valence-corrected chi connectivity index (χ4v) is 5.73. The van der Waals surface area contributed by atoms with Crippen LogP contribution in [-0.4, -0.2) is 50.0 Å². The first-order valence-corrected chi connectivity index (χ1v) is 14.7. The maximum absolute atomic E-state index is 13.6. The molecular weight excluding hydrogens is 568 g/mol. The lowest BCUT2D eigenvalue weighted by molar-refractivity contribution is -0.139. The van der Waals surface area contributed by atoms with E-state index in [4.69, 9.17) is 46.4 Å². The molecule has 0 aromatic heterocycles. The van der Waals surface area contributed by atoms with Crippen molar-refractivity contribution in [2.24, 2.45) is 0 Å². The van der Waals surface area contributed by atoms with E-state index in [0.717, 1.165) is 41.8 Å². The van der Waals surface area contributed by atoms with Gasteiger partial charge in [0, 0.05) is 17.6 Å². The van der Waals surface area contributed by atoms with Gasteiger partial charge in [-0.3, -0.25) is 13.9 Å². The number of rotatable bonds is 9. The third kappa shape index (κ3) is 7.42. The fourth-order valence-electron chi connectivity index (χ4n) is 4.06. The molecule has 2 aromatic rings. The standard InChI is InChI=1S/C24H27Cl4N3O4S/c1-15(24(33)29-18-5-3-4-6-18)30(13-16-7-9-17(25)10-8-16)23(32)14-31(36(2,34)35)22-12-20(27)19(26)11-21(22)28/h7-12,15,18H,3-6,13-14H2,1-2H3,(H,29,33)/t15-/m0/s1. The quantitative estimate of drug-likeness (QED) is 0.386. The molecule has 1 saturated carbocycles. The Hall–Kier alpha value is -1.71. The molecule has 0 radical (unpaired) electrons. The molecule has 196 valence electrons. The zero-order chi connectivity index (χ0) is 26.6. The molecule has 2 aromatic carbocycles. The summed E-state index contributed by atoms with van der Waals surface area (Å²) in [5, 5.41) is 3.78. The van der Waals surface area contributed by atoms with Crippen molar-refractivity contribution in [1.82, 2.24) is 10.2 Å². The van der Waals surface area contributed by atoms with Crippen molar-refractivity contribution in [2.75, 3.05) is 17.1 Å². The summed E-state index contributed by atoms with van der Waals surface area (Å²) in [7, 11) is -3.96. The molecule has 1 aliphatic carbocycles. The first-order valence-electron chi connectivity index (χ1n) is 11.3. The highest BCUT2D eigenvalue weighted by Gasteiger charge is 2.32. The molecule has 36 heavy (non-hydrogen) atoms. The number of nitrogens with one attached hydrogen (secondary N) is 1. The molecule has 0 saturated heterocycles. The molecule has 12 heteroatoms. The molecule has 2 amide bonds. The highest BCUT2D eigenvalue weighted by atomic mass is 35.5. The fraction of sp³-hybridized carbons (Fsp3) is 0.417. The smallest absolute Gasteiger partial charge is 0.244 e. The second-order valence-corrected chi connectivity index (χ2v) is 12.4. The largest absolute Gasteiger partial charge is 0.352 e. The van der Waals surface area contributed by atoms with Crippen LogP contribution in [0.5, 0.6) is 0 Å². The third-order valence-corrected chi connectivity index (χ3v) is 8.48. The lowest BCUT2D eigenvalue weighted by atomic mass is 10.1. The number of carbonyl (C=O) groups is 2. The molecule has 1 aliphatic rings. The number of sulfonamides is 1. The van der Waals surface area contributed by atoms with Gasteiger partial charge >= 0.3 is 0 Å². The molecule has 7 nitrogen and oxygen atoms in total. The van der Waals surface area contributed by atoms with E-state index < -0.39 is 28.5 Å². The molecular formula is C24H27Cl4N3O4S. The predicted octanol–water partition coefficient (Wildman–Crippen LogP) is 5.54. The number of hydrogen-bond donors (Lipinski definition) is 1. The van der Waals surface area contributed by atoms with Crippen molar-refractivity contribution in [3.05, 3.63) is 62.1 Å². The van der Waals surface area contributed by atoms with E-state index in [1.54, 1.807) is 31.2 Å². The van der Waals surface area contributed by atoms with E-state index in [0.29, 0.717) is 5.02 Å². The second-order valence-electron chi connectivity index (χ2n) is 8.80. The minimum absolute atomic E-state index is 0.0106. The molecule has 1 fully saturated rings. The maximum atomic E-state index is 13.6. The SMILES string of the molecule is C[C@@H](C(=O)NC1CCCC1)N(Cc1ccc(Cl)cc1)C(=O)CN(c1cc(Cl)c(Cl)cc1Cl)S(C)(=O)=O. The Balaban J connectivity index is 1.92. The summed E-state index contributed by atoms with van der Waals surface area (Å²) in [4.78, 5) is 28.0. The van der Waals surface area contributed by atoms with Crippen LogP contribution in [0.2, 0.25) is 20.1 Å². The molecule has 0 unspecified atom stereocenters. The van der Waals surface area contributed by atoms with Gasteiger partial charge in [-0.15, -0.1) is 0 Å². The van der Waals surface area contributed by atoms with Crippen molar-refractivity contribution >= 4 is 73.9 Å². The normalized spacial score (nSPS) is 14.9. The van der Waals surface area contributed by atoms with Gasteiger partial charge in [0.05, 0.1) is 27.0 Å². The Morgan fingerprint density at radius 3 is 2.17 bits per heavy atom. The van der Waals surface area contributed by atoms with Gasteiger partial charge in [-0.25, -0.2) is 8.42 Å². The summed E-state index contributed by atoms with van der Waals surface area (Å²) in [6, 6.07) is 8.66. The van der Waals surface area contributed by atoms with Crippen LogP contribution in [0.25, 0.3) is 0 Å². The van der Waals surface area contributed by atoms with E-state index in [9.17, 15) is 18.0 Å². The predicted molar refractivity (Wildman–Crippen MR) is 146 cm³/mol. The van der Waals surface area contributed by atoms with Gasteiger partial charge in [0.25, 0.3) is 0 Å². The van der Waals surface area contributed by atoms with E-state index in [1.165, 1.54) is 17.0 Å².